The van der Waals surface area contributed by atoms with Crippen LogP contribution in [0.15, 0.2) is 0 Å². The monoisotopic (exact) mass is 530 g/mol. The molecule has 1 saturated heterocycles. The van der Waals surface area contributed by atoms with Crippen molar-refractivity contribution in [3.63, 3.8) is 0 Å². The van der Waals surface area contributed by atoms with E-state index in [1.54, 1.807) is 0 Å². The van der Waals surface area contributed by atoms with E-state index >= 15 is 0 Å². The Kier molecular flexibility index (Phi) is 7.10. The van der Waals surface area contributed by atoms with Crippen LogP contribution in [0.1, 0.15) is 107 Å². The summed E-state index contributed by atoms with van der Waals surface area (Å²) in [5.74, 6) is 2.89. The van der Waals surface area contributed by atoms with Gasteiger partial charge >= 0.3 is 11.9 Å². The van der Waals surface area contributed by atoms with Crippen molar-refractivity contribution in [3.05, 3.63) is 0 Å². The van der Waals surface area contributed by atoms with E-state index in [0.29, 0.717) is 36.0 Å². The minimum absolute atomic E-state index is 0.0137. The Hall–Kier alpha value is -1.43. The van der Waals surface area contributed by atoms with Crippen LogP contribution in [0.5, 0.6) is 0 Å². The molecule has 0 radical (unpaired) electrons. The van der Waals surface area contributed by atoms with Crippen LogP contribution in [0.25, 0.3) is 0 Å². The predicted molar refractivity (Wildman–Crippen MR) is 144 cm³/mol. The van der Waals surface area contributed by atoms with Gasteiger partial charge in [0, 0.05) is 32.6 Å². The van der Waals surface area contributed by atoms with E-state index in [-0.39, 0.29) is 47.7 Å². The lowest BCUT2D eigenvalue weighted by molar-refractivity contribution is -0.196. The maximum absolute atomic E-state index is 14.0. The van der Waals surface area contributed by atoms with Crippen LogP contribution in [0.4, 0.5) is 0 Å². The first-order chi connectivity index (χ1) is 17.7. The predicted octanol–water partition coefficient (Wildman–Crippen LogP) is 6.14. The van der Waals surface area contributed by atoms with Crippen molar-refractivity contribution >= 4 is 17.7 Å². The highest BCUT2D eigenvalue weighted by Gasteiger charge is 2.80. The number of ether oxygens (including phenoxy) is 3. The molecule has 0 aromatic carbocycles. The molecular formula is C32H50O6. The zero-order valence-corrected chi connectivity index (χ0v) is 24.9. The zero-order chi connectivity index (χ0) is 27.8. The van der Waals surface area contributed by atoms with Crippen LogP contribution in [0.2, 0.25) is 0 Å². The highest BCUT2D eigenvalue weighted by Crippen LogP contribution is 2.74. The third kappa shape index (κ3) is 4.18. The fraction of sp³-hybridized carbons (Fsp3) is 0.906. The smallest absolute Gasteiger partial charge is 0.302 e. The van der Waals surface area contributed by atoms with Crippen molar-refractivity contribution in [1.29, 1.82) is 0 Å². The van der Waals surface area contributed by atoms with Gasteiger partial charge in [-0.25, -0.2) is 0 Å². The molecule has 0 N–H and O–H groups in total. The molecule has 1 aliphatic heterocycles. The molecule has 5 aliphatic rings. The van der Waals surface area contributed by atoms with E-state index < -0.39 is 17.1 Å². The molecule has 5 fully saturated rings. The highest BCUT2D eigenvalue weighted by molar-refractivity contribution is 5.89. The van der Waals surface area contributed by atoms with Crippen LogP contribution in [-0.4, -0.2) is 41.6 Å². The SMILES string of the molecule is CC(=O)OC1C[C@@]2(C)C(CC[C@@H]2C(C)CCC(C)C(C)C)[C@@H]2C[C@H]3O[C@]34C[C@@H](OC(C)=O)CC(=O)[C@]4(C)C12. The van der Waals surface area contributed by atoms with Crippen LogP contribution < -0.4 is 0 Å². The number of fused-ring (bicyclic) bond motifs is 4. The Bertz CT molecular complexity index is 975. The van der Waals surface area contributed by atoms with E-state index in [9.17, 15) is 14.4 Å². The van der Waals surface area contributed by atoms with Gasteiger partial charge < -0.3 is 14.2 Å². The van der Waals surface area contributed by atoms with Crippen molar-refractivity contribution in [1.82, 2.24) is 0 Å². The summed E-state index contributed by atoms with van der Waals surface area (Å²) < 4.78 is 18.2. The lowest BCUT2D eigenvalue weighted by Gasteiger charge is -2.60. The lowest BCUT2D eigenvalue weighted by atomic mass is 9.43. The minimum Gasteiger partial charge on any atom is -0.462 e. The van der Waals surface area contributed by atoms with Crippen LogP contribution in [-0.2, 0) is 28.6 Å². The molecule has 1 spiro atoms. The van der Waals surface area contributed by atoms with E-state index in [2.05, 4.69) is 41.5 Å². The molecular weight excluding hydrogens is 480 g/mol. The molecule has 1 heterocycles. The molecule has 214 valence electrons. The highest BCUT2D eigenvalue weighted by atomic mass is 16.6. The van der Waals surface area contributed by atoms with Gasteiger partial charge in [0.25, 0.3) is 0 Å². The van der Waals surface area contributed by atoms with Crippen molar-refractivity contribution in [2.75, 3.05) is 0 Å². The zero-order valence-electron chi connectivity index (χ0n) is 24.9. The van der Waals surface area contributed by atoms with Gasteiger partial charge in [-0.1, -0.05) is 47.5 Å². The Labute approximate surface area is 229 Å². The lowest BCUT2D eigenvalue weighted by Crippen LogP contribution is -2.66. The number of ketones is 1. The quantitative estimate of drug-likeness (QED) is 0.291. The first-order valence-electron chi connectivity index (χ1n) is 15.3. The molecule has 12 atom stereocenters. The molecule has 6 heteroatoms. The van der Waals surface area contributed by atoms with Crippen molar-refractivity contribution in [2.45, 2.75) is 131 Å². The summed E-state index contributed by atoms with van der Waals surface area (Å²) in [4.78, 5) is 38.2. The summed E-state index contributed by atoms with van der Waals surface area (Å²) in [6.07, 6.45) is 6.69. The van der Waals surface area contributed by atoms with Gasteiger partial charge in [0.05, 0.1) is 11.5 Å². The number of carbonyl (C=O) groups excluding carboxylic acids is 3. The summed E-state index contributed by atoms with van der Waals surface area (Å²) in [6.45, 7) is 16.9. The van der Waals surface area contributed by atoms with Gasteiger partial charge in [0.2, 0.25) is 0 Å². The average Bonchev–Trinajstić information content (AvgIpc) is 3.39. The normalized spacial score (nSPS) is 46.8. The van der Waals surface area contributed by atoms with E-state index in [0.717, 1.165) is 18.8 Å². The van der Waals surface area contributed by atoms with Crippen LogP contribution >= 0.6 is 0 Å². The summed E-state index contributed by atoms with van der Waals surface area (Å²) >= 11 is 0. The van der Waals surface area contributed by atoms with E-state index in [4.69, 9.17) is 14.2 Å². The standard InChI is InChI=1S/C32H50O6/c1-17(2)18(3)9-10-19(4)24-11-12-25-23-14-28-32(38-28)15-22(36-20(5)33)13-27(35)31(32,8)29(23)26(37-21(6)34)16-30(24,25)7/h17-19,22-26,28-29H,9-16H2,1-8H3/t18?,19?,22-,23-,24+,25?,26?,28+,29?,30+,31+,32+/m0/s1. The Balaban J connectivity index is 1.45. The second kappa shape index (κ2) is 9.59. The van der Waals surface area contributed by atoms with Gasteiger partial charge in [-0.3, -0.25) is 14.4 Å². The first kappa shape index (κ1) is 28.1. The van der Waals surface area contributed by atoms with Gasteiger partial charge in [0.15, 0.2) is 0 Å². The van der Waals surface area contributed by atoms with Gasteiger partial charge in [0.1, 0.15) is 23.6 Å². The average molecular weight is 531 g/mol. The third-order valence-corrected chi connectivity index (χ3v) is 12.4. The summed E-state index contributed by atoms with van der Waals surface area (Å²) in [5, 5.41) is 0. The molecule has 0 aromatic heterocycles. The summed E-state index contributed by atoms with van der Waals surface area (Å²) in [7, 11) is 0. The maximum Gasteiger partial charge on any atom is 0.302 e. The number of epoxide rings is 1. The number of Topliss-reactive ketones (excluding diaryl/α,β-unsaturated/α-hetero) is 1. The van der Waals surface area contributed by atoms with Gasteiger partial charge in [-0.15, -0.1) is 0 Å². The van der Waals surface area contributed by atoms with Gasteiger partial charge in [-0.05, 0) is 73.5 Å². The molecule has 0 bridgehead atoms. The Morgan fingerprint density at radius 3 is 2.32 bits per heavy atom. The second-order valence-corrected chi connectivity index (χ2v) is 14.6. The molecule has 6 nitrogen and oxygen atoms in total. The van der Waals surface area contributed by atoms with Crippen molar-refractivity contribution < 1.29 is 28.6 Å². The number of rotatable bonds is 7. The van der Waals surface area contributed by atoms with Gasteiger partial charge in [-0.2, -0.15) is 0 Å². The Morgan fingerprint density at radius 2 is 1.68 bits per heavy atom. The largest absolute Gasteiger partial charge is 0.462 e. The maximum atomic E-state index is 14.0. The molecule has 0 amide bonds. The first-order valence-corrected chi connectivity index (χ1v) is 15.3. The third-order valence-electron chi connectivity index (χ3n) is 12.4. The fourth-order valence-corrected chi connectivity index (χ4v) is 10.2. The number of esters is 2. The Morgan fingerprint density at radius 1 is 1.00 bits per heavy atom. The summed E-state index contributed by atoms with van der Waals surface area (Å²) in [6, 6.07) is 0. The van der Waals surface area contributed by atoms with E-state index in [1.165, 1.54) is 39.5 Å². The summed E-state index contributed by atoms with van der Waals surface area (Å²) in [5.41, 5.74) is -1.24. The van der Waals surface area contributed by atoms with E-state index in [1.807, 2.05) is 0 Å². The molecule has 38 heavy (non-hydrogen) atoms. The molecule has 0 aromatic rings. The molecule has 5 rings (SSSR count). The minimum atomic E-state index is -0.727. The number of carbonyl (C=O) groups is 3. The molecule has 4 saturated carbocycles. The topological polar surface area (TPSA) is 82.2 Å². The molecule has 5 unspecified atom stereocenters. The fourth-order valence-electron chi connectivity index (χ4n) is 10.2. The van der Waals surface area contributed by atoms with Crippen molar-refractivity contribution in [3.8, 4) is 0 Å². The van der Waals surface area contributed by atoms with Crippen LogP contribution in [0, 0.1) is 52.3 Å². The van der Waals surface area contributed by atoms with Crippen LogP contribution in [0.3, 0.4) is 0 Å². The number of hydrogen-bond donors (Lipinski definition) is 0. The molecule has 4 aliphatic carbocycles. The van der Waals surface area contributed by atoms with Crippen molar-refractivity contribution in [2.24, 2.45) is 52.3 Å². The number of hydrogen-bond acceptors (Lipinski definition) is 6. The second-order valence-electron chi connectivity index (χ2n) is 14.6.